The van der Waals surface area contributed by atoms with Gasteiger partial charge in [-0.2, -0.15) is 4.31 Å². The van der Waals surface area contributed by atoms with E-state index in [9.17, 15) is 13.2 Å². The summed E-state index contributed by atoms with van der Waals surface area (Å²) in [6, 6.07) is 0. The van der Waals surface area contributed by atoms with Crippen molar-refractivity contribution in [3.8, 4) is 0 Å². The van der Waals surface area contributed by atoms with Gasteiger partial charge in [0.25, 0.3) is 0 Å². The lowest BCUT2D eigenvalue weighted by molar-refractivity contribution is -0.136. The zero-order valence-corrected chi connectivity index (χ0v) is 12.8. The standard InChI is InChI=1S/C11H24N2O5S/c1-10(11(14)15)19(16,17)13(8-9-18-4)7-5-6-12(2)3/h10H,5-9H2,1-4H3,(H,14,15). The van der Waals surface area contributed by atoms with E-state index in [1.807, 2.05) is 19.0 Å². The van der Waals surface area contributed by atoms with E-state index in [0.29, 0.717) is 13.0 Å². The molecule has 1 atom stereocenters. The molecular weight excluding hydrogens is 272 g/mol. The number of carbonyl (C=O) groups is 1. The summed E-state index contributed by atoms with van der Waals surface area (Å²) in [6.45, 7) is 2.63. The Morgan fingerprint density at radius 2 is 1.84 bits per heavy atom. The van der Waals surface area contributed by atoms with Crippen LogP contribution in [0.1, 0.15) is 13.3 Å². The molecule has 0 aromatic rings. The van der Waals surface area contributed by atoms with E-state index < -0.39 is 21.2 Å². The molecule has 19 heavy (non-hydrogen) atoms. The third-order valence-electron chi connectivity index (χ3n) is 2.71. The normalized spacial score (nSPS) is 14.0. The molecule has 0 amide bonds. The maximum atomic E-state index is 12.1. The Morgan fingerprint density at radius 1 is 1.26 bits per heavy atom. The maximum absolute atomic E-state index is 12.1. The molecule has 0 aromatic carbocycles. The summed E-state index contributed by atoms with van der Waals surface area (Å²) in [5.41, 5.74) is 0. The largest absolute Gasteiger partial charge is 0.480 e. The highest BCUT2D eigenvalue weighted by atomic mass is 32.2. The van der Waals surface area contributed by atoms with Crippen LogP contribution in [0.25, 0.3) is 0 Å². The molecule has 0 aliphatic carbocycles. The van der Waals surface area contributed by atoms with E-state index in [2.05, 4.69) is 0 Å². The molecule has 0 radical (unpaired) electrons. The summed E-state index contributed by atoms with van der Waals surface area (Å²) in [7, 11) is 1.44. The average molecular weight is 296 g/mol. The van der Waals surface area contributed by atoms with E-state index in [0.717, 1.165) is 6.54 Å². The number of ether oxygens (including phenoxy) is 1. The van der Waals surface area contributed by atoms with Crippen molar-refractivity contribution >= 4 is 16.0 Å². The fourth-order valence-corrected chi connectivity index (χ4v) is 2.89. The van der Waals surface area contributed by atoms with Crippen molar-refractivity contribution in [2.75, 3.05) is 47.4 Å². The predicted octanol–water partition coefficient (Wildman–Crippen LogP) is -0.311. The first kappa shape index (κ1) is 18.3. The fraction of sp³-hybridized carbons (Fsp3) is 0.909. The van der Waals surface area contributed by atoms with Crippen LogP contribution in [-0.4, -0.2) is 81.4 Å². The van der Waals surface area contributed by atoms with Crippen molar-refractivity contribution in [3.05, 3.63) is 0 Å². The van der Waals surface area contributed by atoms with Crippen LogP contribution in [0.2, 0.25) is 0 Å². The Balaban J connectivity index is 4.76. The fourth-order valence-electron chi connectivity index (χ4n) is 1.47. The van der Waals surface area contributed by atoms with Gasteiger partial charge in [0, 0.05) is 20.2 Å². The van der Waals surface area contributed by atoms with Crippen molar-refractivity contribution in [3.63, 3.8) is 0 Å². The van der Waals surface area contributed by atoms with Crippen LogP contribution in [0.15, 0.2) is 0 Å². The zero-order chi connectivity index (χ0) is 15.1. The number of carboxylic acids is 1. The number of sulfonamides is 1. The number of methoxy groups -OCH3 is 1. The number of rotatable bonds is 10. The van der Waals surface area contributed by atoms with Gasteiger partial charge in [0.05, 0.1) is 6.61 Å². The Labute approximate surface area is 115 Å². The van der Waals surface area contributed by atoms with Gasteiger partial charge in [-0.15, -0.1) is 0 Å². The van der Waals surface area contributed by atoms with Crippen LogP contribution >= 0.6 is 0 Å². The first-order chi connectivity index (χ1) is 8.73. The third-order valence-corrected chi connectivity index (χ3v) is 4.89. The summed E-state index contributed by atoms with van der Waals surface area (Å²) in [5.74, 6) is -1.34. The first-order valence-electron chi connectivity index (χ1n) is 6.09. The third kappa shape index (κ3) is 6.33. The monoisotopic (exact) mass is 296 g/mol. The molecule has 0 heterocycles. The Morgan fingerprint density at radius 3 is 2.26 bits per heavy atom. The van der Waals surface area contributed by atoms with Gasteiger partial charge in [-0.05, 0) is 34.0 Å². The van der Waals surface area contributed by atoms with Crippen LogP contribution in [0.5, 0.6) is 0 Å². The van der Waals surface area contributed by atoms with Crippen molar-refractivity contribution < 1.29 is 23.1 Å². The quantitative estimate of drug-likeness (QED) is 0.595. The topological polar surface area (TPSA) is 87.2 Å². The minimum absolute atomic E-state index is 0.171. The zero-order valence-electron chi connectivity index (χ0n) is 12.0. The highest BCUT2D eigenvalue weighted by molar-refractivity contribution is 7.90. The molecule has 0 bridgehead atoms. The van der Waals surface area contributed by atoms with Gasteiger partial charge in [0.15, 0.2) is 5.25 Å². The summed E-state index contributed by atoms with van der Waals surface area (Å²) in [4.78, 5) is 12.8. The van der Waals surface area contributed by atoms with E-state index >= 15 is 0 Å². The van der Waals surface area contributed by atoms with Gasteiger partial charge in [-0.3, -0.25) is 4.79 Å². The van der Waals surface area contributed by atoms with Crippen LogP contribution in [-0.2, 0) is 19.6 Å². The highest BCUT2D eigenvalue weighted by Crippen LogP contribution is 2.10. The van der Waals surface area contributed by atoms with Gasteiger partial charge in [0.1, 0.15) is 0 Å². The second-order valence-corrected chi connectivity index (χ2v) is 6.83. The van der Waals surface area contributed by atoms with Gasteiger partial charge in [-0.1, -0.05) is 0 Å². The first-order valence-corrected chi connectivity index (χ1v) is 7.59. The summed E-state index contributed by atoms with van der Waals surface area (Å²) >= 11 is 0. The van der Waals surface area contributed by atoms with Crippen LogP contribution in [0.4, 0.5) is 0 Å². The predicted molar refractivity (Wildman–Crippen MR) is 72.6 cm³/mol. The lowest BCUT2D eigenvalue weighted by Gasteiger charge is -2.24. The Bertz CT molecular complexity index is 369. The minimum atomic E-state index is -3.84. The number of carboxylic acid groups (broad SMARTS) is 1. The summed E-state index contributed by atoms with van der Waals surface area (Å²) < 4.78 is 30.3. The van der Waals surface area contributed by atoms with Gasteiger partial charge in [-0.25, -0.2) is 8.42 Å². The lowest BCUT2D eigenvalue weighted by Crippen LogP contribution is -2.43. The molecule has 0 fully saturated rings. The average Bonchev–Trinajstić information content (AvgIpc) is 2.31. The van der Waals surface area contributed by atoms with Crippen molar-refractivity contribution in [2.24, 2.45) is 0 Å². The molecule has 114 valence electrons. The smallest absolute Gasteiger partial charge is 0.323 e. The second kappa shape index (κ2) is 8.47. The second-order valence-electron chi connectivity index (χ2n) is 4.57. The molecule has 0 aromatic heterocycles. The van der Waals surface area contributed by atoms with Crippen molar-refractivity contribution in [2.45, 2.75) is 18.6 Å². The molecular formula is C11H24N2O5S. The number of hydrogen-bond acceptors (Lipinski definition) is 5. The molecule has 0 saturated carbocycles. The molecule has 0 rings (SSSR count). The number of nitrogens with zero attached hydrogens (tertiary/aromatic N) is 2. The molecule has 0 aliphatic rings. The van der Waals surface area contributed by atoms with E-state index in [-0.39, 0.29) is 13.2 Å². The molecule has 1 unspecified atom stereocenters. The van der Waals surface area contributed by atoms with Crippen molar-refractivity contribution in [1.29, 1.82) is 0 Å². The number of hydrogen-bond donors (Lipinski definition) is 1. The molecule has 0 spiro atoms. The van der Waals surface area contributed by atoms with Crippen LogP contribution < -0.4 is 0 Å². The minimum Gasteiger partial charge on any atom is -0.480 e. The molecule has 0 aliphatic heterocycles. The number of aliphatic carboxylic acids is 1. The molecule has 7 nitrogen and oxygen atoms in total. The maximum Gasteiger partial charge on any atom is 0.323 e. The van der Waals surface area contributed by atoms with Crippen LogP contribution in [0, 0.1) is 0 Å². The van der Waals surface area contributed by atoms with E-state index in [4.69, 9.17) is 9.84 Å². The summed E-state index contributed by atoms with van der Waals surface area (Å²) in [5, 5.41) is 7.42. The Kier molecular flexibility index (Phi) is 8.15. The van der Waals surface area contributed by atoms with Gasteiger partial charge < -0.3 is 14.7 Å². The van der Waals surface area contributed by atoms with E-state index in [1.165, 1.54) is 18.3 Å². The van der Waals surface area contributed by atoms with Crippen LogP contribution in [0.3, 0.4) is 0 Å². The lowest BCUT2D eigenvalue weighted by atomic mass is 10.4. The highest BCUT2D eigenvalue weighted by Gasteiger charge is 2.33. The van der Waals surface area contributed by atoms with Gasteiger partial charge >= 0.3 is 5.97 Å². The summed E-state index contributed by atoms with van der Waals surface area (Å²) in [6.07, 6.45) is 0.641. The molecule has 1 N–H and O–H groups in total. The Hall–Kier alpha value is -0.700. The molecule has 0 saturated heterocycles. The molecule has 8 heteroatoms. The van der Waals surface area contributed by atoms with E-state index in [1.54, 1.807) is 0 Å². The van der Waals surface area contributed by atoms with Crippen molar-refractivity contribution in [1.82, 2.24) is 9.21 Å². The SMILES string of the molecule is COCCN(CCCN(C)C)S(=O)(=O)C(C)C(=O)O. The van der Waals surface area contributed by atoms with Gasteiger partial charge in [0.2, 0.25) is 10.0 Å².